The third-order valence-electron chi connectivity index (χ3n) is 10.0. The number of rotatable bonds is 6. The van der Waals surface area contributed by atoms with E-state index in [1.807, 2.05) is 6.08 Å². The van der Waals surface area contributed by atoms with E-state index >= 15 is 0 Å². The molecular formula is C35H27ClN2O10. The van der Waals surface area contributed by atoms with E-state index in [1.165, 1.54) is 67.8 Å². The fourth-order valence-corrected chi connectivity index (χ4v) is 8.13. The van der Waals surface area contributed by atoms with Gasteiger partial charge in [-0.1, -0.05) is 23.3 Å². The van der Waals surface area contributed by atoms with Gasteiger partial charge in [-0.3, -0.25) is 29.0 Å². The summed E-state index contributed by atoms with van der Waals surface area (Å²) < 4.78 is 5.35. The smallest absolute Gasteiger partial charge is 0.335 e. The number of allylic oxidation sites excluding steroid dienone is 2. The lowest BCUT2D eigenvalue weighted by molar-refractivity contribution is -0.126. The number of carbonyl (C=O) groups excluding carboxylic acids is 4. The normalized spacial score (nSPS) is 26.2. The van der Waals surface area contributed by atoms with E-state index in [0.29, 0.717) is 11.1 Å². The monoisotopic (exact) mass is 670 g/mol. The van der Waals surface area contributed by atoms with Gasteiger partial charge in [0.05, 0.1) is 58.3 Å². The van der Waals surface area contributed by atoms with Crippen LogP contribution in [-0.4, -0.2) is 58.0 Å². The molecule has 4 amide bonds. The van der Waals surface area contributed by atoms with Crippen molar-refractivity contribution in [1.82, 2.24) is 0 Å². The molecule has 0 aromatic heterocycles. The Kier molecular flexibility index (Phi) is 7.35. The van der Waals surface area contributed by atoms with Gasteiger partial charge in [-0.15, -0.1) is 0 Å². The summed E-state index contributed by atoms with van der Waals surface area (Å²) in [4.78, 5) is 81.2. The van der Waals surface area contributed by atoms with E-state index in [1.54, 1.807) is 0 Å². The number of ether oxygens (including phenoxy) is 1. The fraction of sp³-hybridized carbons (Fsp3) is 0.257. The number of nitrogens with zero attached hydrogens (tertiary/aromatic N) is 2. The number of aromatic carboxylic acids is 2. The van der Waals surface area contributed by atoms with Crippen LogP contribution in [0, 0.1) is 29.6 Å². The Morgan fingerprint density at radius 3 is 1.79 bits per heavy atom. The minimum absolute atomic E-state index is 0.00469. The molecule has 48 heavy (non-hydrogen) atoms. The van der Waals surface area contributed by atoms with E-state index in [4.69, 9.17) is 16.3 Å². The van der Waals surface area contributed by atoms with E-state index < -0.39 is 71.1 Å². The van der Waals surface area contributed by atoms with Gasteiger partial charge in [0.2, 0.25) is 23.6 Å². The summed E-state index contributed by atoms with van der Waals surface area (Å²) in [5.74, 6) is -9.40. The van der Waals surface area contributed by atoms with Crippen LogP contribution < -0.4 is 14.5 Å². The second-order valence-corrected chi connectivity index (χ2v) is 12.7. The van der Waals surface area contributed by atoms with Crippen molar-refractivity contribution in [3.05, 3.63) is 94.0 Å². The number of anilines is 2. The quantitative estimate of drug-likeness (QED) is 0.250. The van der Waals surface area contributed by atoms with Crippen molar-refractivity contribution in [1.29, 1.82) is 0 Å². The summed E-state index contributed by atoms with van der Waals surface area (Å²) in [6, 6.07) is 13.9. The molecule has 1 saturated carbocycles. The highest BCUT2D eigenvalue weighted by Gasteiger charge is 2.62. The second-order valence-electron chi connectivity index (χ2n) is 12.3. The molecule has 244 valence electrons. The molecule has 4 aliphatic rings. The summed E-state index contributed by atoms with van der Waals surface area (Å²) in [5, 5.41) is 29.1. The number of phenolic OH excluding ortho intramolecular Hbond substituents is 1. The molecule has 2 heterocycles. The van der Waals surface area contributed by atoms with Gasteiger partial charge in [-0.25, -0.2) is 9.59 Å². The average Bonchev–Trinajstić information content (AvgIpc) is 3.48. The third-order valence-corrected chi connectivity index (χ3v) is 10.3. The van der Waals surface area contributed by atoms with Crippen LogP contribution in [0.2, 0.25) is 5.02 Å². The van der Waals surface area contributed by atoms with Crippen molar-refractivity contribution in [2.24, 2.45) is 29.6 Å². The maximum atomic E-state index is 14.3. The molecular weight excluding hydrogens is 644 g/mol. The number of halogens is 1. The van der Waals surface area contributed by atoms with Crippen LogP contribution in [0.1, 0.15) is 45.0 Å². The molecule has 3 aromatic carbocycles. The predicted octanol–water partition coefficient (Wildman–Crippen LogP) is 4.50. The molecule has 13 heteroatoms. The Bertz CT molecular complexity index is 1970. The van der Waals surface area contributed by atoms with Gasteiger partial charge in [0, 0.05) is 5.92 Å². The van der Waals surface area contributed by atoms with E-state index in [2.05, 4.69) is 0 Å². The Morgan fingerprint density at radius 1 is 0.750 bits per heavy atom. The minimum atomic E-state index is -1.17. The number of fused-ring (bicyclic) bond motifs is 4. The first-order valence-electron chi connectivity index (χ1n) is 15.1. The summed E-state index contributed by atoms with van der Waals surface area (Å²) in [5.41, 5.74) is 1.57. The number of carboxylic acid groups (broad SMARTS) is 2. The van der Waals surface area contributed by atoms with Gasteiger partial charge in [-0.2, -0.15) is 0 Å². The van der Waals surface area contributed by atoms with Gasteiger partial charge < -0.3 is 20.1 Å². The van der Waals surface area contributed by atoms with E-state index in [0.717, 1.165) is 9.80 Å². The van der Waals surface area contributed by atoms with Crippen LogP contribution in [-0.2, 0) is 19.2 Å². The Morgan fingerprint density at radius 2 is 1.27 bits per heavy atom. The number of aromatic hydroxyl groups is 1. The molecule has 0 spiro atoms. The SMILES string of the molecule is COc1cc([C@H]2C3=CC[C@@H]4C(=O)N(c5ccc(C(=O)O)cc5)C(=O)[C@@H]4[C@@H]3C[C@H]3C(=O)N(c4ccc(C(=O)O)cc4)C(=O)[C@@H]23)cc(Cl)c1O. The fourth-order valence-electron chi connectivity index (χ4n) is 7.91. The van der Waals surface area contributed by atoms with E-state index in [-0.39, 0.29) is 51.9 Å². The Labute approximate surface area is 277 Å². The van der Waals surface area contributed by atoms with Crippen LogP contribution >= 0.6 is 11.6 Å². The van der Waals surface area contributed by atoms with Crippen LogP contribution in [0.4, 0.5) is 11.4 Å². The summed E-state index contributed by atoms with van der Waals surface area (Å²) in [7, 11) is 1.35. The van der Waals surface area contributed by atoms with Gasteiger partial charge >= 0.3 is 11.9 Å². The minimum Gasteiger partial charge on any atom is -0.503 e. The molecule has 7 rings (SSSR count). The molecule has 3 N–H and O–H groups in total. The number of imide groups is 2. The van der Waals surface area contributed by atoms with Gasteiger partial charge in [0.25, 0.3) is 0 Å². The van der Waals surface area contributed by atoms with Crippen LogP contribution in [0.15, 0.2) is 72.3 Å². The standard InChI is InChI=1S/C35H27ClN2O10/c1-48-25-13-17(12-24(36)29(25)39)26-20-10-11-21-27(32(42)37(30(21)40)18-6-2-15(3-7-18)34(44)45)22(20)14-23-28(26)33(43)38(31(23)41)19-8-4-16(5-9-19)35(46)47/h2-10,12-13,21-23,26-28,39H,11,14H2,1H3,(H,44,45)(H,46,47)/t21-,22+,23+,26-,27-,28+/m0/s1. The van der Waals surface area contributed by atoms with Gasteiger partial charge in [-0.05, 0) is 85.0 Å². The zero-order valence-electron chi connectivity index (χ0n) is 25.2. The molecule has 0 unspecified atom stereocenters. The molecule has 12 nitrogen and oxygen atoms in total. The van der Waals surface area contributed by atoms with Crippen molar-refractivity contribution >= 4 is 58.5 Å². The summed E-state index contributed by atoms with van der Waals surface area (Å²) >= 11 is 6.41. The summed E-state index contributed by atoms with van der Waals surface area (Å²) in [6.45, 7) is 0. The van der Waals surface area contributed by atoms with Crippen molar-refractivity contribution in [2.45, 2.75) is 18.8 Å². The molecule has 0 bridgehead atoms. The van der Waals surface area contributed by atoms with Crippen LogP contribution in [0.25, 0.3) is 0 Å². The predicted molar refractivity (Wildman–Crippen MR) is 169 cm³/mol. The number of carbonyl (C=O) groups is 6. The van der Waals surface area contributed by atoms with E-state index in [9.17, 15) is 44.1 Å². The van der Waals surface area contributed by atoms with Gasteiger partial charge in [0.15, 0.2) is 11.5 Å². The third kappa shape index (κ3) is 4.58. The Balaban J connectivity index is 1.33. The summed E-state index contributed by atoms with van der Waals surface area (Å²) in [6.07, 6.45) is 2.13. The second kappa shape index (κ2) is 11.3. The first-order valence-corrected chi connectivity index (χ1v) is 15.5. The first kappa shape index (κ1) is 31.1. The topological polar surface area (TPSA) is 179 Å². The average molecular weight is 671 g/mol. The number of methoxy groups -OCH3 is 1. The van der Waals surface area contributed by atoms with Crippen LogP contribution in [0.5, 0.6) is 11.5 Å². The number of phenols is 1. The number of amides is 4. The highest BCUT2D eigenvalue weighted by Crippen LogP contribution is 2.59. The molecule has 6 atom stereocenters. The maximum absolute atomic E-state index is 14.3. The molecule has 3 aromatic rings. The highest BCUT2D eigenvalue weighted by atomic mass is 35.5. The van der Waals surface area contributed by atoms with Gasteiger partial charge in [0.1, 0.15) is 0 Å². The lowest BCUT2D eigenvalue weighted by Crippen LogP contribution is -2.43. The van der Waals surface area contributed by atoms with Crippen molar-refractivity contribution in [2.75, 3.05) is 16.9 Å². The number of hydrogen-bond acceptors (Lipinski definition) is 8. The maximum Gasteiger partial charge on any atom is 0.335 e. The molecule has 2 aliphatic carbocycles. The highest BCUT2D eigenvalue weighted by molar-refractivity contribution is 6.32. The number of benzene rings is 3. The van der Waals surface area contributed by atoms with Crippen molar-refractivity contribution < 1.29 is 48.8 Å². The zero-order valence-corrected chi connectivity index (χ0v) is 26.0. The lowest BCUT2D eigenvalue weighted by Gasteiger charge is -2.44. The molecule has 0 radical (unpaired) electrons. The molecule has 2 aliphatic heterocycles. The Hall–Kier alpha value is -5.49. The van der Waals surface area contributed by atoms with Crippen LogP contribution in [0.3, 0.4) is 0 Å². The first-order chi connectivity index (χ1) is 22.9. The molecule has 3 fully saturated rings. The lowest BCUT2D eigenvalue weighted by atomic mass is 9.57. The zero-order chi connectivity index (χ0) is 34.2. The van der Waals surface area contributed by atoms with Crippen molar-refractivity contribution in [3.63, 3.8) is 0 Å². The number of hydrogen-bond donors (Lipinski definition) is 3. The molecule has 2 saturated heterocycles. The number of carboxylic acids is 2. The van der Waals surface area contributed by atoms with Crippen molar-refractivity contribution in [3.8, 4) is 11.5 Å². The largest absolute Gasteiger partial charge is 0.503 e.